The van der Waals surface area contributed by atoms with Crippen molar-refractivity contribution in [2.24, 2.45) is 0 Å². The SMILES string of the molecule is CC[C@H](C)NC(=O)[C@H](CC)N(Cc1ccc(C)cc1)C(=O)CN(c1cc(Cl)cc(Cl)c1)S(C)(=O)=O. The lowest BCUT2D eigenvalue weighted by Crippen LogP contribution is -2.53. The summed E-state index contributed by atoms with van der Waals surface area (Å²) >= 11 is 12.2. The minimum atomic E-state index is -3.87. The van der Waals surface area contributed by atoms with Gasteiger partial charge >= 0.3 is 0 Å². The molecule has 0 aliphatic rings. The molecule has 0 heterocycles. The molecule has 1 N–H and O–H groups in total. The van der Waals surface area contributed by atoms with Gasteiger partial charge in [-0.05, 0) is 50.5 Å². The number of halogens is 2. The van der Waals surface area contributed by atoms with Crippen LogP contribution in [0.15, 0.2) is 42.5 Å². The number of benzene rings is 2. The van der Waals surface area contributed by atoms with Crippen LogP contribution in [0.5, 0.6) is 0 Å². The largest absolute Gasteiger partial charge is 0.352 e. The van der Waals surface area contributed by atoms with Crippen molar-refractivity contribution in [3.05, 3.63) is 63.6 Å². The lowest BCUT2D eigenvalue weighted by atomic mass is 10.1. The smallest absolute Gasteiger partial charge is 0.244 e. The molecule has 0 aliphatic heterocycles. The van der Waals surface area contributed by atoms with Crippen LogP contribution in [0.4, 0.5) is 5.69 Å². The first-order valence-electron chi connectivity index (χ1n) is 11.4. The van der Waals surface area contributed by atoms with Gasteiger partial charge in [-0.1, -0.05) is 66.9 Å². The van der Waals surface area contributed by atoms with Gasteiger partial charge in [-0.25, -0.2) is 8.42 Å². The van der Waals surface area contributed by atoms with E-state index in [1.54, 1.807) is 0 Å². The maximum atomic E-state index is 13.6. The molecule has 2 aromatic rings. The van der Waals surface area contributed by atoms with Crippen LogP contribution in [0.1, 0.15) is 44.7 Å². The molecule has 2 atom stereocenters. The number of carbonyl (C=O) groups excluding carboxylic acids is 2. The van der Waals surface area contributed by atoms with Crippen LogP contribution in [0.25, 0.3) is 0 Å². The van der Waals surface area contributed by atoms with Crippen molar-refractivity contribution < 1.29 is 18.0 Å². The summed E-state index contributed by atoms with van der Waals surface area (Å²) in [5.74, 6) is -0.794. The molecule has 0 fully saturated rings. The Morgan fingerprint density at radius 2 is 1.57 bits per heavy atom. The third kappa shape index (κ3) is 8.40. The van der Waals surface area contributed by atoms with E-state index in [9.17, 15) is 18.0 Å². The Morgan fingerprint density at radius 3 is 2.06 bits per heavy atom. The molecule has 10 heteroatoms. The number of nitrogens with zero attached hydrogens (tertiary/aromatic N) is 2. The van der Waals surface area contributed by atoms with E-state index in [2.05, 4.69) is 5.32 Å². The van der Waals surface area contributed by atoms with Gasteiger partial charge in [0.15, 0.2) is 0 Å². The third-order valence-corrected chi connectivity index (χ3v) is 7.25. The number of sulfonamides is 1. The quantitative estimate of drug-likeness (QED) is 0.443. The Hall–Kier alpha value is -2.29. The maximum Gasteiger partial charge on any atom is 0.244 e. The topological polar surface area (TPSA) is 86.8 Å². The summed E-state index contributed by atoms with van der Waals surface area (Å²) in [6, 6.07) is 11.1. The second kappa shape index (κ2) is 12.6. The van der Waals surface area contributed by atoms with E-state index >= 15 is 0 Å². The number of nitrogens with one attached hydrogen (secondary N) is 1. The van der Waals surface area contributed by atoms with Gasteiger partial charge in [-0.15, -0.1) is 0 Å². The Bertz CT molecular complexity index is 1120. The van der Waals surface area contributed by atoms with Crippen molar-refractivity contribution in [3.63, 3.8) is 0 Å². The third-order valence-electron chi connectivity index (χ3n) is 5.67. The number of carbonyl (C=O) groups is 2. The number of rotatable bonds is 11. The van der Waals surface area contributed by atoms with E-state index in [4.69, 9.17) is 23.2 Å². The first kappa shape index (κ1) is 28.9. The highest BCUT2D eigenvalue weighted by atomic mass is 35.5. The van der Waals surface area contributed by atoms with Gasteiger partial charge in [0.25, 0.3) is 0 Å². The van der Waals surface area contributed by atoms with Gasteiger partial charge in [0, 0.05) is 22.6 Å². The second-order valence-corrected chi connectivity index (χ2v) is 11.4. The summed E-state index contributed by atoms with van der Waals surface area (Å²) in [5, 5.41) is 3.42. The molecule has 0 spiro atoms. The molecule has 2 amide bonds. The maximum absolute atomic E-state index is 13.6. The van der Waals surface area contributed by atoms with Crippen LogP contribution in [0, 0.1) is 6.92 Å². The molecule has 0 bridgehead atoms. The van der Waals surface area contributed by atoms with Crippen molar-refractivity contribution in [1.29, 1.82) is 0 Å². The van der Waals surface area contributed by atoms with Crippen molar-refractivity contribution in [1.82, 2.24) is 10.2 Å². The Morgan fingerprint density at radius 1 is 1.00 bits per heavy atom. The van der Waals surface area contributed by atoms with Gasteiger partial charge in [0.1, 0.15) is 12.6 Å². The van der Waals surface area contributed by atoms with E-state index in [0.717, 1.165) is 28.1 Å². The predicted octanol–water partition coefficient (Wildman–Crippen LogP) is 4.79. The summed E-state index contributed by atoms with van der Waals surface area (Å²) in [6.45, 7) is 7.28. The molecule has 2 rings (SSSR count). The summed E-state index contributed by atoms with van der Waals surface area (Å²) in [6.07, 6.45) is 2.11. The van der Waals surface area contributed by atoms with Crippen LogP contribution in [0.2, 0.25) is 10.0 Å². The lowest BCUT2D eigenvalue weighted by Gasteiger charge is -2.33. The first-order valence-corrected chi connectivity index (χ1v) is 14.0. The van der Waals surface area contributed by atoms with E-state index in [1.165, 1.54) is 23.1 Å². The normalized spacial score (nSPS) is 13.1. The molecule has 0 saturated carbocycles. The van der Waals surface area contributed by atoms with Crippen molar-refractivity contribution >= 4 is 50.7 Å². The van der Waals surface area contributed by atoms with Crippen LogP contribution >= 0.6 is 23.2 Å². The molecular weight excluding hydrogens is 509 g/mol. The fourth-order valence-electron chi connectivity index (χ4n) is 3.55. The van der Waals surface area contributed by atoms with Gasteiger partial charge in [0.05, 0.1) is 11.9 Å². The van der Waals surface area contributed by atoms with Crippen molar-refractivity contribution in [2.45, 2.75) is 59.2 Å². The van der Waals surface area contributed by atoms with Gasteiger partial charge in [-0.2, -0.15) is 0 Å². The van der Waals surface area contributed by atoms with Gasteiger partial charge in [-0.3, -0.25) is 13.9 Å². The summed E-state index contributed by atoms with van der Waals surface area (Å²) in [5.41, 5.74) is 2.07. The fourth-order valence-corrected chi connectivity index (χ4v) is 4.90. The lowest BCUT2D eigenvalue weighted by molar-refractivity contribution is -0.140. The summed E-state index contributed by atoms with van der Waals surface area (Å²) in [4.78, 5) is 28.2. The van der Waals surface area contributed by atoms with Gasteiger partial charge < -0.3 is 10.2 Å². The number of hydrogen-bond donors (Lipinski definition) is 1. The van der Waals surface area contributed by atoms with E-state index < -0.39 is 28.5 Å². The highest BCUT2D eigenvalue weighted by Gasteiger charge is 2.32. The summed E-state index contributed by atoms with van der Waals surface area (Å²) in [7, 11) is -3.87. The van der Waals surface area contributed by atoms with E-state index in [-0.39, 0.29) is 34.2 Å². The highest BCUT2D eigenvalue weighted by molar-refractivity contribution is 7.92. The average molecular weight is 543 g/mol. The van der Waals surface area contributed by atoms with Gasteiger partial charge in [0.2, 0.25) is 21.8 Å². The number of anilines is 1. The molecule has 0 unspecified atom stereocenters. The Kier molecular flexibility index (Phi) is 10.4. The highest BCUT2D eigenvalue weighted by Crippen LogP contribution is 2.27. The molecule has 2 aromatic carbocycles. The number of amides is 2. The predicted molar refractivity (Wildman–Crippen MR) is 142 cm³/mol. The molecule has 7 nitrogen and oxygen atoms in total. The zero-order chi connectivity index (χ0) is 26.3. The standard InChI is InChI=1S/C25H33Cl2N3O4S/c1-6-18(4)28-25(32)23(7-2)29(15-19-10-8-17(3)9-11-19)24(31)16-30(35(5,33)34)22-13-20(26)12-21(27)14-22/h8-14,18,23H,6-7,15-16H2,1-5H3,(H,28,32)/t18-,23-/m0/s1. The van der Waals surface area contributed by atoms with Crippen LogP contribution in [-0.2, 0) is 26.2 Å². The zero-order valence-electron chi connectivity index (χ0n) is 20.7. The average Bonchev–Trinajstić information content (AvgIpc) is 2.76. The van der Waals surface area contributed by atoms with Crippen molar-refractivity contribution in [2.75, 3.05) is 17.1 Å². The monoisotopic (exact) mass is 541 g/mol. The molecule has 0 saturated heterocycles. The van der Waals surface area contributed by atoms with E-state index in [0.29, 0.717) is 6.42 Å². The van der Waals surface area contributed by atoms with Crippen LogP contribution in [-0.4, -0.2) is 50.0 Å². The fraction of sp³-hybridized carbons (Fsp3) is 0.440. The Labute approximate surface area is 218 Å². The number of hydrogen-bond acceptors (Lipinski definition) is 4. The Balaban J connectivity index is 2.46. The molecular formula is C25H33Cl2N3O4S. The first-order chi connectivity index (χ1) is 16.3. The molecule has 35 heavy (non-hydrogen) atoms. The van der Waals surface area contributed by atoms with Crippen LogP contribution in [0.3, 0.4) is 0 Å². The number of aryl methyl sites for hydroxylation is 1. The molecule has 0 aromatic heterocycles. The minimum absolute atomic E-state index is 0.0611. The molecule has 0 radical (unpaired) electrons. The molecule has 192 valence electrons. The molecule has 0 aliphatic carbocycles. The second-order valence-electron chi connectivity index (χ2n) is 8.65. The van der Waals surface area contributed by atoms with Crippen LogP contribution < -0.4 is 9.62 Å². The van der Waals surface area contributed by atoms with Crippen molar-refractivity contribution in [3.8, 4) is 0 Å². The van der Waals surface area contributed by atoms with E-state index in [1.807, 2.05) is 52.0 Å². The summed E-state index contributed by atoms with van der Waals surface area (Å²) < 4.78 is 26.3. The zero-order valence-corrected chi connectivity index (χ0v) is 23.0. The minimum Gasteiger partial charge on any atom is -0.352 e.